The molecule has 132 valence electrons. The van der Waals surface area contributed by atoms with Gasteiger partial charge in [-0.05, 0) is 49.1 Å². The molecule has 1 aliphatic heterocycles. The van der Waals surface area contributed by atoms with Crippen LogP contribution in [0.15, 0.2) is 54.6 Å². The molecule has 1 unspecified atom stereocenters. The van der Waals surface area contributed by atoms with Crippen LogP contribution in [0.1, 0.15) is 40.5 Å². The first-order valence-electron chi connectivity index (χ1n) is 8.85. The Hall–Kier alpha value is -3.08. The van der Waals surface area contributed by atoms with E-state index in [1.54, 1.807) is 24.3 Å². The Kier molecular flexibility index (Phi) is 4.21. The fourth-order valence-electron chi connectivity index (χ4n) is 3.71. The molecule has 1 saturated heterocycles. The molecular weight excluding hydrogens is 326 g/mol. The predicted molar refractivity (Wildman–Crippen MR) is 99.9 cm³/mol. The van der Waals surface area contributed by atoms with Crippen LogP contribution in [0, 0.1) is 6.92 Å². The third-order valence-corrected chi connectivity index (χ3v) is 5.05. The average Bonchev–Trinajstić information content (AvgIpc) is 3.32. The van der Waals surface area contributed by atoms with Gasteiger partial charge < -0.3 is 10.0 Å². The summed E-state index contributed by atoms with van der Waals surface area (Å²) < 4.78 is 0. The van der Waals surface area contributed by atoms with Crippen molar-refractivity contribution in [3.8, 4) is 17.0 Å². The highest BCUT2D eigenvalue weighted by molar-refractivity contribution is 5.94. The van der Waals surface area contributed by atoms with Crippen molar-refractivity contribution in [2.75, 3.05) is 6.54 Å². The maximum atomic E-state index is 13.1. The van der Waals surface area contributed by atoms with Crippen molar-refractivity contribution in [1.29, 1.82) is 0 Å². The number of amides is 1. The second kappa shape index (κ2) is 6.67. The van der Waals surface area contributed by atoms with E-state index in [1.165, 1.54) is 11.1 Å². The van der Waals surface area contributed by atoms with Crippen LogP contribution in [0.5, 0.6) is 5.75 Å². The number of aromatic nitrogens is 2. The van der Waals surface area contributed by atoms with Gasteiger partial charge in [-0.25, -0.2) is 0 Å². The Morgan fingerprint density at radius 3 is 2.77 bits per heavy atom. The number of carbonyl (C=O) groups is 1. The van der Waals surface area contributed by atoms with Gasteiger partial charge >= 0.3 is 0 Å². The lowest BCUT2D eigenvalue weighted by atomic mass is 9.99. The maximum absolute atomic E-state index is 13.1. The number of hydrogen-bond donors (Lipinski definition) is 2. The van der Waals surface area contributed by atoms with Crippen LogP contribution in [0.25, 0.3) is 11.3 Å². The first-order valence-corrected chi connectivity index (χ1v) is 8.85. The number of aryl methyl sites for hydroxylation is 1. The van der Waals surface area contributed by atoms with Crippen LogP contribution in [0.2, 0.25) is 0 Å². The summed E-state index contributed by atoms with van der Waals surface area (Å²) in [6.07, 6.45) is 1.96. The Bertz CT molecular complexity index is 948. The van der Waals surface area contributed by atoms with E-state index < -0.39 is 0 Å². The number of nitrogens with zero attached hydrogens (tertiary/aromatic N) is 2. The molecule has 2 N–H and O–H groups in total. The van der Waals surface area contributed by atoms with Crippen molar-refractivity contribution in [3.05, 3.63) is 71.4 Å². The van der Waals surface area contributed by atoms with E-state index in [9.17, 15) is 9.90 Å². The fraction of sp³-hybridized carbons (Fsp3) is 0.238. The molecule has 1 atom stereocenters. The van der Waals surface area contributed by atoms with E-state index in [2.05, 4.69) is 29.3 Å². The molecular formula is C21H21N3O2. The van der Waals surface area contributed by atoms with Gasteiger partial charge in [0.25, 0.3) is 5.91 Å². The summed E-state index contributed by atoms with van der Waals surface area (Å²) in [6.45, 7) is 2.82. The van der Waals surface area contributed by atoms with E-state index in [0.717, 1.165) is 19.4 Å². The molecule has 0 radical (unpaired) electrons. The van der Waals surface area contributed by atoms with Gasteiger partial charge in [0.1, 0.15) is 11.4 Å². The van der Waals surface area contributed by atoms with Crippen molar-refractivity contribution in [3.63, 3.8) is 0 Å². The lowest BCUT2D eigenvalue weighted by Gasteiger charge is -2.25. The maximum Gasteiger partial charge on any atom is 0.272 e. The highest BCUT2D eigenvalue weighted by Crippen LogP contribution is 2.35. The lowest BCUT2D eigenvalue weighted by Crippen LogP contribution is -2.31. The summed E-state index contributed by atoms with van der Waals surface area (Å²) in [5, 5.41) is 17.1. The molecule has 1 fully saturated rings. The standard InChI is InChI=1S/C21H21N3O2/c1-14-7-2-3-8-15(14)19-10-6-12-24(19)21(26)18-13-17(22-23-18)16-9-4-5-11-20(16)25/h2-5,7-9,11,13,19,25H,6,10,12H2,1H3,(H,22,23). The van der Waals surface area contributed by atoms with E-state index in [4.69, 9.17) is 0 Å². The predicted octanol–water partition coefficient (Wildman–Crippen LogP) is 4.07. The fourth-order valence-corrected chi connectivity index (χ4v) is 3.71. The Labute approximate surface area is 152 Å². The molecule has 26 heavy (non-hydrogen) atoms. The summed E-state index contributed by atoms with van der Waals surface area (Å²) in [7, 11) is 0. The molecule has 2 aromatic carbocycles. The number of hydrogen-bond acceptors (Lipinski definition) is 3. The topological polar surface area (TPSA) is 69.2 Å². The minimum absolute atomic E-state index is 0.0510. The largest absolute Gasteiger partial charge is 0.507 e. The molecule has 4 rings (SSSR count). The van der Waals surface area contributed by atoms with Gasteiger partial charge in [-0.15, -0.1) is 0 Å². The highest BCUT2D eigenvalue weighted by Gasteiger charge is 2.32. The zero-order valence-corrected chi connectivity index (χ0v) is 14.6. The Morgan fingerprint density at radius 1 is 1.19 bits per heavy atom. The quantitative estimate of drug-likeness (QED) is 0.750. The number of nitrogens with one attached hydrogen (secondary N) is 1. The molecule has 0 saturated carbocycles. The molecule has 0 aliphatic carbocycles. The number of para-hydroxylation sites is 1. The lowest BCUT2D eigenvalue weighted by molar-refractivity contribution is 0.0729. The van der Waals surface area contributed by atoms with Crippen molar-refractivity contribution >= 4 is 5.91 Å². The number of phenolic OH excluding ortho intramolecular Hbond substituents is 1. The summed E-state index contributed by atoms with van der Waals surface area (Å²) in [4.78, 5) is 15.0. The summed E-state index contributed by atoms with van der Waals surface area (Å²) in [5.41, 5.74) is 4.04. The van der Waals surface area contributed by atoms with E-state index in [-0.39, 0.29) is 17.7 Å². The van der Waals surface area contributed by atoms with Crippen LogP contribution in [-0.2, 0) is 0 Å². The van der Waals surface area contributed by atoms with Gasteiger partial charge in [0.05, 0.1) is 11.7 Å². The molecule has 5 heteroatoms. The highest BCUT2D eigenvalue weighted by atomic mass is 16.3. The van der Waals surface area contributed by atoms with Gasteiger partial charge in [0.15, 0.2) is 0 Å². The molecule has 3 aromatic rings. The van der Waals surface area contributed by atoms with E-state index in [0.29, 0.717) is 17.0 Å². The number of H-pyrrole nitrogens is 1. The number of carbonyl (C=O) groups excluding carboxylic acids is 1. The number of rotatable bonds is 3. The monoisotopic (exact) mass is 347 g/mol. The number of phenols is 1. The molecule has 0 spiro atoms. The van der Waals surface area contributed by atoms with Crippen LogP contribution < -0.4 is 0 Å². The second-order valence-corrected chi connectivity index (χ2v) is 6.70. The van der Waals surface area contributed by atoms with E-state index in [1.807, 2.05) is 23.1 Å². The van der Waals surface area contributed by atoms with Crippen LogP contribution in [0.3, 0.4) is 0 Å². The Morgan fingerprint density at radius 2 is 1.96 bits per heavy atom. The molecule has 1 aromatic heterocycles. The molecule has 0 bridgehead atoms. The minimum atomic E-state index is -0.0510. The summed E-state index contributed by atoms with van der Waals surface area (Å²) in [6, 6.07) is 17.0. The Balaban J connectivity index is 1.62. The van der Waals surface area contributed by atoms with Gasteiger partial charge in [0.2, 0.25) is 0 Å². The van der Waals surface area contributed by atoms with Crippen LogP contribution >= 0.6 is 0 Å². The SMILES string of the molecule is Cc1ccccc1C1CCCN1C(=O)c1cc(-c2ccccc2O)n[nH]1. The number of likely N-dealkylation sites (tertiary alicyclic amines) is 1. The number of aromatic hydroxyl groups is 1. The zero-order valence-electron chi connectivity index (χ0n) is 14.6. The second-order valence-electron chi connectivity index (χ2n) is 6.70. The number of aromatic amines is 1. The number of benzene rings is 2. The molecule has 1 aliphatic rings. The van der Waals surface area contributed by atoms with Crippen molar-refractivity contribution < 1.29 is 9.90 Å². The van der Waals surface area contributed by atoms with Gasteiger partial charge in [-0.1, -0.05) is 36.4 Å². The summed E-state index contributed by atoms with van der Waals surface area (Å²) in [5.74, 6) is 0.0990. The molecule has 2 heterocycles. The smallest absolute Gasteiger partial charge is 0.272 e. The third-order valence-electron chi connectivity index (χ3n) is 5.05. The van der Waals surface area contributed by atoms with Crippen LogP contribution in [-0.4, -0.2) is 32.7 Å². The van der Waals surface area contributed by atoms with Crippen molar-refractivity contribution in [2.45, 2.75) is 25.8 Å². The summed E-state index contributed by atoms with van der Waals surface area (Å²) >= 11 is 0. The van der Waals surface area contributed by atoms with Gasteiger partial charge in [-0.3, -0.25) is 9.89 Å². The van der Waals surface area contributed by atoms with Crippen LogP contribution in [0.4, 0.5) is 0 Å². The van der Waals surface area contributed by atoms with Crippen molar-refractivity contribution in [2.24, 2.45) is 0 Å². The average molecular weight is 347 g/mol. The van der Waals surface area contributed by atoms with Crippen molar-refractivity contribution in [1.82, 2.24) is 15.1 Å². The minimum Gasteiger partial charge on any atom is -0.507 e. The zero-order chi connectivity index (χ0) is 18.1. The van der Waals surface area contributed by atoms with E-state index >= 15 is 0 Å². The third kappa shape index (κ3) is 2.86. The first kappa shape index (κ1) is 16.4. The van der Waals surface area contributed by atoms with Gasteiger partial charge in [0, 0.05) is 12.1 Å². The molecule has 1 amide bonds. The molecule has 5 nitrogen and oxygen atoms in total. The first-order chi connectivity index (χ1) is 12.6. The van der Waals surface area contributed by atoms with Gasteiger partial charge in [-0.2, -0.15) is 5.10 Å². The normalized spacial score (nSPS) is 16.8.